The van der Waals surface area contributed by atoms with Crippen LogP contribution in [0.4, 0.5) is 10.1 Å². The third kappa shape index (κ3) is 4.94. The lowest BCUT2D eigenvalue weighted by atomic mass is 9.99. The van der Waals surface area contributed by atoms with E-state index in [1.54, 1.807) is 24.8 Å². The molecular formula is C37H36FN5O3. The maximum Gasteiger partial charge on any atom is 0.200 e. The molecule has 0 radical (unpaired) electrons. The molecule has 0 spiro atoms. The van der Waals surface area contributed by atoms with Gasteiger partial charge in [0.2, 0.25) is 0 Å². The summed E-state index contributed by atoms with van der Waals surface area (Å²) in [7, 11) is 2.16. The van der Waals surface area contributed by atoms with Crippen LogP contribution < -0.4 is 15.1 Å². The number of rotatable bonds is 8. The van der Waals surface area contributed by atoms with Gasteiger partial charge in [-0.3, -0.25) is 19.6 Å². The number of nitrogens with zero attached hydrogens (tertiary/aromatic N) is 5. The van der Waals surface area contributed by atoms with E-state index in [1.807, 2.05) is 45.9 Å². The molecule has 0 N–H and O–H groups in total. The first-order valence-electron chi connectivity index (χ1n) is 16.3. The van der Waals surface area contributed by atoms with Crippen LogP contribution in [-0.4, -0.2) is 57.9 Å². The van der Waals surface area contributed by atoms with Crippen molar-refractivity contribution in [3.05, 3.63) is 94.5 Å². The molecule has 1 unspecified atom stereocenters. The van der Waals surface area contributed by atoms with E-state index in [4.69, 9.17) is 4.74 Å². The van der Waals surface area contributed by atoms with Crippen molar-refractivity contribution in [3.8, 4) is 17.2 Å². The third-order valence-electron chi connectivity index (χ3n) is 10.1. The van der Waals surface area contributed by atoms with Crippen LogP contribution in [0.5, 0.6) is 11.5 Å². The van der Waals surface area contributed by atoms with E-state index in [0.717, 1.165) is 42.3 Å². The maximum absolute atomic E-state index is 16.3. The number of pyridine rings is 1. The first-order chi connectivity index (χ1) is 22.5. The minimum Gasteiger partial charge on any atom is -0.451 e. The second kappa shape index (κ2) is 11.6. The Balaban J connectivity index is 1.20. The summed E-state index contributed by atoms with van der Waals surface area (Å²) in [6.07, 6.45) is 12.9. The van der Waals surface area contributed by atoms with Gasteiger partial charge < -0.3 is 19.1 Å². The third-order valence-corrected chi connectivity index (χ3v) is 10.1. The molecule has 234 valence electrons. The summed E-state index contributed by atoms with van der Waals surface area (Å²) in [6, 6.07) is 13.8. The predicted molar refractivity (Wildman–Crippen MR) is 177 cm³/mol. The van der Waals surface area contributed by atoms with Crippen molar-refractivity contribution < 1.29 is 13.9 Å². The Kier molecular flexibility index (Phi) is 7.28. The van der Waals surface area contributed by atoms with Gasteiger partial charge in [-0.25, -0.2) is 4.39 Å². The van der Waals surface area contributed by atoms with E-state index < -0.39 is 11.2 Å². The topological polar surface area (TPSA) is 80.6 Å². The molecule has 5 aromatic rings. The van der Waals surface area contributed by atoms with E-state index in [0.29, 0.717) is 53.9 Å². The van der Waals surface area contributed by atoms with E-state index >= 15 is 4.39 Å². The zero-order valence-electron chi connectivity index (χ0n) is 25.9. The molecule has 2 atom stereocenters. The highest BCUT2D eigenvalue weighted by Gasteiger charge is 2.34. The summed E-state index contributed by atoms with van der Waals surface area (Å²) in [5.41, 5.74) is 2.02. The average molecular weight is 618 g/mol. The van der Waals surface area contributed by atoms with Crippen LogP contribution in [-0.2, 0) is 0 Å². The number of hydrogen-bond donors (Lipinski definition) is 0. The predicted octanol–water partition coefficient (Wildman–Crippen LogP) is 7.01. The monoisotopic (exact) mass is 617 g/mol. The van der Waals surface area contributed by atoms with Gasteiger partial charge in [-0.2, -0.15) is 0 Å². The van der Waals surface area contributed by atoms with Crippen molar-refractivity contribution in [1.82, 2.24) is 19.4 Å². The number of halogens is 1. The van der Waals surface area contributed by atoms with E-state index in [-0.39, 0.29) is 29.1 Å². The summed E-state index contributed by atoms with van der Waals surface area (Å²) in [4.78, 5) is 40.7. The number of carbonyl (C=O) groups excluding carboxylic acids is 1. The number of hydrogen-bond acceptors (Lipinski definition) is 7. The fraction of sp³-hybridized carbons (Fsp3) is 0.351. The molecule has 8 rings (SSSR count). The van der Waals surface area contributed by atoms with E-state index in [1.165, 1.54) is 18.9 Å². The van der Waals surface area contributed by atoms with Gasteiger partial charge in [0.15, 0.2) is 28.5 Å². The largest absolute Gasteiger partial charge is 0.451 e. The van der Waals surface area contributed by atoms with Gasteiger partial charge in [-0.1, -0.05) is 30.7 Å². The molecule has 3 aliphatic heterocycles. The molecule has 0 aliphatic carbocycles. The Bertz CT molecular complexity index is 2050. The van der Waals surface area contributed by atoms with Crippen LogP contribution in [0.2, 0.25) is 0 Å². The maximum atomic E-state index is 16.3. The Hall–Kier alpha value is -4.63. The van der Waals surface area contributed by atoms with Gasteiger partial charge in [-0.15, -0.1) is 0 Å². The summed E-state index contributed by atoms with van der Waals surface area (Å²) in [6.45, 7) is 2.27. The zero-order chi connectivity index (χ0) is 31.4. The van der Waals surface area contributed by atoms with E-state index in [2.05, 4.69) is 21.9 Å². The van der Waals surface area contributed by atoms with Crippen LogP contribution in [0.15, 0.2) is 72.0 Å². The Morgan fingerprint density at radius 3 is 2.70 bits per heavy atom. The highest BCUT2D eigenvalue weighted by Crippen LogP contribution is 2.48. The molecule has 0 bridgehead atoms. The smallest absolute Gasteiger partial charge is 0.200 e. The number of aromatic nitrogens is 3. The molecule has 0 saturated carbocycles. The standard InChI is InChI=1S/C37H36FN5O3/c1-41-15-6-10-26(41)9-4-5-11-32(44)28-22-43-31-17-23-7-2-3-8-24(23)18-33(31)46-37-34(43)27(36(28)45)19-29(38)35(37)42-16-12-25(21-42)30-20-39-13-14-40-30/h2-3,7-8,13-14,17-20,22,25-26H,4-6,9-12,15-16,21H2,1H3/t25?,26-/m0/s1. The molecule has 5 heterocycles. The molecule has 3 aliphatic rings. The molecule has 2 aromatic heterocycles. The fourth-order valence-electron chi connectivity index (χ4n) is 7.65. The average Bonchev–Trinajstić information content (AvgIpc) is 3.72. The Labute approximate surface area is 266 Å². The molecular weight excluding hydrogens is 581 g/mol. The molecule has 46 heavy (non-hydrogen) atoms. The van der Waals surface area contributed by atoms with Crippen molar-refractivity contribution in [2.45, 2.75) is 56.9 Å². The summed E-state index contributed by atoms with van der Waals surface area (Å²) in [5, 5.41) is 2.13. The van der Waals surface area contributed by atoms with E-state index in [9.17, 15) is 9.59 Å². The SMILES string of the molecule is CN1CCC[C@@H]1CCCCC(=O)c1cn2c3c(c(N4CCC(c5cnccn5)C4)c(F)cc3c1=O)Oc1cc3ccccc3cc1-2. The van der Waals surface area contributed by atoms with Crippen molar-refractivity contribution in [1.29, 1.82) is 0 Å². The first kappa shape index (κ1) is 28.8. The van der Waals surface area contributed by atoms with Crippen molar-refractivity contribution in [2.75, 3.05) is 31.6 Å². The number of anilines is 1. The number of Topliss-reactive ketones (excluding diaryl/α,β-unsaturated/α-hetero) is 1. The highest BCUT2D eigenvalue weighted by atomic mass is 19.1. The molecule has 9 heteroatoms. The first-order valence-corrected chi connectivity index (χ1v) is 16.3. The van der Waals surface area contributed by atoms with Crippen LogP contribution in [0, 0.1) is 5.82 Å². The number of fused-ring (bicyclic) bond motifs is 3. The van der Waals surface area contributed by atoms with Crippen molar-refractivity contribution in [2.24, 2.45) is 0 Å². The quantitative estimate of drug-likeness (QED) is 0.134. The molecule has 2 saturated heterocycles. The number of ether oxygens (including phenoxy) is 1. The summed E-state index contributed by atoms with van der Waals surface area (Å²) in [5.74, 6) is 0.190. The lowest BCUT2D eigenvalue weighted by molar-refractivity contribution is 0.0977. The van der Waals surface area contributed by atoms with Gasteiger partial charge in [0, 0.05) is 56.3 Å². The second-order valence-corrected chi connectivity index (χ2v) is 13.0. The van der Waals surface area contributed by atoms with Crippen LogP contribution in [0.1, 0.15) is 66.9 Å². The van der Waals surface area contributed by atoms with Gasteiger partial charge in [0.1, 0.15) is 11.2 Å². The zero-order valence-corrected chi connectivity index (χ0v) is 25.9. The molecule has 0 amide bonds. The normalized spacial score (nSPS) is 19.1. The Morgan fingerprint density at radius 1 is 1.07 bits per heavy atom. The minimum atomic E-state index is -0.541. The summed E-state index contributed by atoms with van der Waals surface area (Å²) < 4.78 is 24.7. The Morgan fingerprint density at radius 2 is 1.91 bits per heavy atom. The molecule has 8 nitrogen and oxygen atoms in total. The highest BCUT2D eigenvalue weighted by molar-refractivity contribution is 6.03. The number of benzene rings is 3. The minimum absolute atomic E-state index is 0.0899. The lowest BCUT2D eigenvalue weighted by Crippen LogP contribution is -2.25. The van der Waals surface area contributed by atoms with Gasteiger partial charge in [-0.05, 0) is 74.7 Å². The number of unbranched alkanes of at least 4 members (excludes halogenated alkanes) is 1. The van der Waals surface area contributed by atoms with Crippen LogP contribution in [0.3, 0.4) is 0 Å². The second-order valence-electron chi connectivity index (χ2n) is 13.0. The van der Waals surface area contributed by atoms with Gasteiger partial charge in [0.25, 0.3) is 0 Å². The van der Waals surface area contributed by atoms with Crippen molar-refractivity contribution in [3.63, 3.8) is 0 Å². The van der Waals surface area contributed by atoms with Crippen LogP contribution in [0.25, 0.3) is 27.4 Å². The fourth-order valence-corrected chi connectivity index (χ4v) is 7.65. The van der Waals surface area contributed by atoms with Crippen molar-refractivity contribution >= 4 is 33.1 Å². The lowest BCUT2D eigenvalue weighted by Gasteiger charge is -2.29. The molecule has 3 aromatic carbocycles. The summed E-state index contributed by atoms with van der Waals surface area (Å²) >= 11 is 0. The van der Waals surface area contributed by atoms with Gasteiger partial charge >= 0.3 is 0 Å². The number of ketones is 1. The number of carbonyl (C=O) groups is 1. The number of likely N-dealkylation sites (tertiary alicyclic amines) is 1. The molecule has 2 fully saturated rings. The van der Waals surface area contributed by atoms with Gasteiger partial charge in [0.05, 0.1) is 22.3 Å². The van der Waals surface area contributed by atoms with Crippen LogP contribution >= 0.6 is 0 Å².